The lowest BCUT2D eigenvalue weighted by Crippen LogP contribution is -2.50. The fourth-order valence-electron chi connectivity index (χ4n) is 2.79. The van der Waals surface area contributed by atoms with E-state index < -0.39 is 0 Å². The Bertz CT molecular complexity index is 556. The molecule has 2 aliphatic rings. The van der Waals surface area contributed by atoms with Gasteiger partial charge >= 0.3 is 0 Å². The summed E-state index contributed by atoms with van der Waals surface area (Å²) in [6.07, 6.45) is 2.10. The predicted molar refractivity (Wildman–Crippen MR) is 76.8 cm³/mol. The van der Waals surface area contributed by atoms with Crippen molar-refractivity contribution in [1.82, 2.24) is 9.80 Å². The molecule has 1 fully saturated rings. The van der Waals surface area contributed by atoms with Crippen molar-refractivity contribution in [2.24, 2.45) is 0 Å². The number of aryl methyl sites for hydroxylation is 1. The van der Waals surface area contributed by atoms with Crippen molar-refractivity contribution >= 4 is 17.5 Å². The zero-order valence-electron chi connectivity index (χ0n) is 11.7. The SMILES string of the molecule is CN1CCN(C(=O)c2cccc3c2NCCC3)CC1=O. The quantitative estimate of drug-likeness (QED) is 0.829. The van der Waals surface area contributed by atoms with Crippen molar-refractivity contribution in [2.45, 2.75) is 12.8 Å². The van der Waals surface area contributed by atoms with Crippen molar-refractivity contribution in [3.8, 4) is 0 Å². The summed E-state index contributed by atoms with van der Waals surface area (Å²) >= 11 is 0. The molecule has 0 atom stereocenters. The highest BCUT2D eigenvalue weighted by molar-refractivity contribution is 6.02. The van der Waals surface area contributed by atoms with Crippen molar-refractivity contribution in [1.29, 1.82) is 0 Å². The summed E-state index contributed by atoms with van der Waals surface area (Å²) in [6.45, 7) is 2.29. The van der Waals surface area contributed by atoms with E-state index in [4.69, 9.17) is 0 Å². The normalized spacial score (nSPS) is 18.6. The Morgan fingerprint density at radius 3 is 2.95 bits per heavy atom. The highest BCUT2D eigenvalue weighted by Crippen LogP contribution is 2.27. The van der Waals surface area contributed by atoms with Gasteiger partial charge in [0.25, 0.3) is 5.91 Å². The van der Waals surface area contributed by atoms with Gasteiger partial charge in [0.15, 0.2) is 0 Å². The van der Waals surface area contributed by atoms with Crippen molar-refractivity contribution in [3.63, 3.8) is 0 Å². The third-order valence-electron chi connectivity index (χ3n) is 4.05. The van der Waals surface area contributed by atoms with Gasteiger partial charge in [-0.25, -0.2) is 0 Å². The van der Waals surface area contributed by atoms with Crippen LogP contribution in [0, 0.1) is 0 Å². The number of piperazine rings is 1. The lowest BCUT2D eigenvalue weighted by molar-refractivity contribution is -0.133. The van der Waals surface area contributed by atoms with Crippen LogP contribution in [0.4, 0.5) is 5.69 Å². The van der Waals surface area contributed by atoms with Gasteiger partial charge in [0, 0.05) is 26.7 Å². The fraction of sp³-hybridized carbons (Fsp3) is 0.467. The molecule has 1 aromatic rings. The smallest absolute Gasteiger partial charge is 0.256 e. The van der Waals surface area contributed by atoms with Gasteiger partial charge in [-0.1, -0.05) is 12.1 Å². The number of para-hydroxylation sites is 1. The number of rotatable bonds is 1. The minimum Gasteiger partial charge on any atom is -0.384 e. The first kappa shape index (κ1) is 13.0. The molecule has 0 aliphatic carbocycles. The summed E-state index contributed by atoms with van der Waals surface area (Å²) in [5.41, 5.74) is 2.84. The standard InChI is InChI=1S/C15H19N3O2/c1-17-8-9-18(10-13(17)19)15(20)12-6-2-4-11-5-3-7-16-14(11)12/h2,4,6,16H,3,5,7-10H2,1H3. The Balaban J connectivity index is 1.86. The van der Waals surface area contributed by atoms with Crippen LogP contribution in [0.5, 0.6) is 0 Å². The van der Waals surface area contributed by atoms with E-state index in [9.17, 15) is 9.59 Å². The van der Waals surface area contributed by atoms with Crippen LogP contribution in [0.1, 0.15) is 22.3 Å². The van der Waals surface area contributed by atoms with E-state index in [1.807, 2.05) is 12.1 Å². The first-order valence-electron chi connectivity index (χ1n) is 7.06. The molecule has 20 heavy (non-hydrogen) atoms. The molecule has 1 saturated heterocycles. The first-order valence-corrected chi connectivity index (χ1v) is 7.06. The Morgan fingerprint density at radius 2 is 2.15 bits per heavy atom. The summed E-state index contributed by atoms with van der Waals surface area (Å²) in [4.78, 5) is 27.7. The number of carbonyl (C=O) groups is 2. The zero-order valence-corrected chi connectivity index (χ0v) is 11.7. The second-order valence-corrected chi connectivity index (χ2v) is 5.41. The number of nitrogens with one attached hydrogen (secondary N) is 1. The number of benzene rings is 1. The Hall–Kier alpha value is -2.04. The third kappa shape index (κ3) is 2.24. The van der Waals surface area contributed by atoms with Crippen LogP contribution < -0.4 is 5.32 Å². The van der Waals surface area contributed by atoms with Crippen LogP contribution in [0.15, 0.2) is 18.2 Å². The molecule has 1 aromatic carbocycles. The van der Waals surface area contributed by atoms with Gasteiger partial charge in [-0.15, -0.1) is 0 Å². The van der Waals surface area contributed by atoms with Gasteiger partial charge < -0.3 is 15.1 Å². The monoisotopic (exact) mass is 273 g/mol. The highest BCUT2D eigenvalue weighted by Gasteiger charge is 2.27. The van der Waals surface area contributed by atoms with Crippen LogP contribution in [0.2, 0.25) is 0 Å². The predicted octanol–water partition coefficient (Wildman–Crippen LogP) is 0.959. The number of amides is 2. The van der Waals surface area contributed by atoms with Gasteiger partial charge in [0.1, 0.15) is 6.54 Å². The van der Waals surface area contributed by atoms with Crippen LogP contribution in [0.25, 0.3) is 0 Å². The van der Waals surface area contributed by atoms with E-state index in [2.05, 4.69) is 11.4 Å². The van der Waals surface area contributed by atoms with E-state index in [-0.39, 0.29) is 18.4 Å². The molecule has 2 heterocycles. The fourth-order valence-corrected chi connectivity index (χ4v) is 2.79. The maximum atomic E-state index is 12.6. The van der Waals surface area contributed by atoms with Crippen LogP contribution >= 0.6 is 0 Å². The summed E-state index contributed by atoms with van der Waals surface area (Å²) in [7, 11) is 1.77. The maximum Gasteiger partial charge on any atom is 0.256 e. The molecular formula is C15H19N3O2. The Kier molecular flexibility index (Phi) is 3.34. The Morgan fingerprint density at radius 1 is 1.30 bits per heavy atom. The number of anilines is 1. The molecule has 0 saturated carbocycles. The Labute approximate surface area is 118 Å². The van der Waals surface area contributed by atoms with E-state index >= 15 is 0 Å². The molecule has 2 aliphatic heterocycles. The van der Waals surface area contributed by atoms with Crippen molar-refractivity contribution in [2.75, 3.05) is 38.5 Å². The molecule has 2 amide bonds. The van der Waals surface area contributed by atoms with Crippen LogP contribution in [-0.4, -0.2) is 54.8 Å². The van der Waals surface area contributed by atoms with Crippen LogP contribution in [-0.2, 0) is 11.2 Å². The number of hydrogen-bond donors (Lipinski definition) is 1. The average Bonchev–Trinajstić information content (AvgIpc) is 2.49. The summed E-state index contributed by atoms with van der Waals surface area (Å²) in [5, 5.41) is 3.33. The summed E-state index contributed by atoms with van der Waals surface area (Å²) in [6, 6.07) is 5.84. The zero-order chi connectivity index (χ0) is 14.1. The molecule has 5 nitrogen and oxygen atoms in total. The van der Waals surface area contributed by atoms with Gasteiger partial charge in [0.2, 0.25) is 5.91 Å². The number of likely N-dealkylation sites (N-methyl/N-ethyl adjacent to an activating group) is 1. The molecule has 1 N–H and O–H groups in total. The second-order valence-electron chi connectivity index (χ2n) is 5.41. The molecule has 0 radical (unpaired) electrons. The van der Waals surface area contributed by atoms with Gasteiger partial charge in [-0.05, 0) is 24.5 Å². The highest BCUT2D eigenvalue weighted by atomic mass is 16.2. The minimum absolute atomic E-state index is 0.00218. The lowest BCUT2D eigenvalue weighted by Gasteiger charge is -2.33. The largest absolute Gasteiger partial charge is 0.384 e. The summed E-state index contributed by atoms with van der Waals surface area (Å²) < 4.78 is 0. The molecule has 106 valence electrons. The molecule has 0 aromatic heterocycles. The van der Waals surface area contributed by atoms with Gasteiger partial charge in [0.05, 0.1) is 11.3 Å². The van der Waals surface area contributed by atoms with Gasteiger partial charge in [-0.3, -0.25) is 9.59 Å². The topological polar surface area (TPSA) is 52.6 Å². The van der Waals surface area contributed by atoms with E-state index in [0.29, 0.717) is 18.7 Å². The number of fused-ring (bicyclic) bond motifs is 1. The second kappa shape index (κ2) is 5.15. The van der Waals surface area contributed by atoms with E-state index in [0.717, 1.165) is 25.1 Å². The molecular weight excluding hydrogens is 254 g/mol. The molecule has 0 bridgehead atoms. The van der Waals surface area contributed by atoms with E-state index in [1.54, 1.807) is 16.8 Å². The number of carbonyl (C=O) groups excluding carboxylic acids is 2. The number of nitrogens with zero attached hydrogens (tertiary/aromatic N) is 2. The minimum atomic E-state index is -0.0438. The average molecular weight is 273 g/mol. The number of hydrogen-bond acceptors (Lipinski definition) is 3. The molecule has 0 unspecified atom stereocenters. The van der Waals surface area contributed by atoms with Gasteiger partial charge in [-0.2, -0.15) is 0 Å². The van der Waals surface area contributed by atoms with Crippen molar-refractivity contribution < 1.29 is 9.59 Å². The lowest BCUT2D eigenvalue weighted by atomic mass is 9.98. The van der Waals surface area contributed by atoms with Crippen molar-refractivity contribution in [3.05, 3.63) is 29.3 Å². The third-order valence-corrected chi connectivity index (χ3v) is 4.05. The maximum absolute atomic E-state index is 12.6. The molecule has 0 spiro atoms. The molecule has 5 heteroatoms. The van der Waals surface area contributed by atoms with E-state index in [1.165, 1.54) is 5.56 Å². The summed E-state index contributed by atoms with van der Waals surface area (Å²) in [5.74, 6) is -0.0416. The van der Waals surface area contributed by atoms with Crippen LogP contribution in [0.3, 0.4) is 0 Å². The molecule has 3 rings (SSSR count). The first-order chi connectivity index (χ1) is 9.66.